The summed E-state index contributed by atoms with van der Waals surface area (Å²) >= 11 is 1.66. The average Bonchev–Trinajstić information content (AvgIpc) is 3.44. The fourth-order valence-electron chi connectivity index (χ4n) is 3.23. The summed E-state index contributed by atoms with van der Waals surface area (Å²) in [6.45, 7) is 2.04. The molecule has 0 radical (unpaired) electrons. The number of imidazole rings is 1. The van der Waals surface area contributed by atoms with E-state index in [1.807, 2.05) is 42.1 Å². The molecule has 0 aliphatic carbocycles. The summed E-state index contributed by atoms with van der Waals surface area (Å²) in [5.41, 5.74) is 1.81. The summed E-state index contributed by atoms with van der Waals surface area (Å²) in [5, 5.41) is 0.965. The normalized spacial score (nSPS) is 14.2. The van der Waals surface area contributed by atoms with Gasteiger partial charge in [-0.2, -0.15) is 0 Å². The molecular formula is C21H22N4O3S. The zero-order valence-corrected chi connectivity index (χ0v) is 17.0. The molecular weight excluding hydrogens is 388 g/mol. The van der Waals surface area contributed by atoms with Crippen molar-refractivity contribution in [3.05, 3.63) is 71.9 Å². The molecule has 1 aliphatic rings. The van der Waals surface area contributed by atoms with Crippen LogP contribution < -0.4 is 0 Å². The molecule has 3 heterocycles. The van der Waals surface area contributed by atoms with Crippen LogP contribution in [0.5, 0.6) is 0 Å². The van der Waals surface area contributed by atoms with E-state index < -0.39 is 0 Å². The monoisotopic (exact) mass is 410 g/mol. The molecule has 0 unspecified atom stereocenters. The number of hydrogen-bond donors (Lipinski definition) is 0. The molecule has 0 atom stereocenters. The Hall–Kier alpha value is -3.00. The molecule has 4 rings (SSSR count). The van der Waals surface area contributed by atoms with Gasteiger partial charge in [0.1, 0.15) is 0 Å². The molecule has 0 N–H and O–H groups in total. The topological polar surface area (TPSA) is 71.6 Å². The van der Waals surface area contributed by atoms with E-state index in [0.717, 1.165) is 16.5 Å². The second-order valence-electron chi connectivity index (χ2n) is 6.87. The minimum absolute atomic E-state index is 0.00148. The molecule has 3 aromatic rings. The first kappa shape index (κ1) is 19.3. The van der Waals surface area contributed by atoms with E-state index in [0.29, 0.717) is 37.5 Å². The number of piperazine rings is 1. The lowest BCUT2D eigenvalue weighted by molar-refractivity contribution is 0.0518. The molecule has 2 amide bonds. The highest BCUT2D eigenvalue weighted by atomic mass is 32.2. The van der Waals surface area contributed by atoms with Gasteiger partial charge in [0.25, 0.3) is 11.8 Å². The number of amides is 2. The van der Waals surface area contributed by atoms with Crippen LogP contribution in [-0.4, -0.2) is 57.3 Å². The Bertz CT molecular complexity index is 974. The van der Waals surface area contributed by atoms with Crippen LogP contribution >= 0.6 is 11.8 Å². The predicted molar refractivity (Wildman–Crippen MR) is 110 cm³/mol. The van der Waals surface area contributed by atoms with Crippen molar-refractivity contribution < 1.29 is 14.0 Å². The molecule has 1 saturated heterocycles. The van der Waals surface area contributed by atoms with Crippen LogP contribution in [-0.2, 0) is 12.8 Å². The number of benzene rings is 1. The van der Waals surface area contributed by atoms with Gasteiger partial charge >= 0.3 is 0 Å². The van der Waals surface area contributed by atoms with Crippen molar-refractivity contribution in [3.63, 3.8) is 0 Å². The molecule has 1 fully saturated rings. The van der Waals surface area contributed by atoms with Crippen LogP contribution in [0.25, 0.3) is 0 Å². The Morgan fingerprint density at radius 3 is 2.31 bits per heavy atom. The van der Waals surface area contributed by atoms with Crippen molar-refractivity contribution in [2.45, 2.75) is 10.9 Å². The van der Waals surface area contributed by atoms with Crippen LogP contribution in [0.3, 0.4) is 0 Å². The zero-order chi connectivity index (χ0) is 20.2. The minimum atomic E-state index is -0.128. The first-order chi connectivity index (χ1) is 14.1. The van der Waals surface area contributed by atoms with Crippen molar-refractivity contribution in [1.29, 1.82) is 0 Å². The number of aromatic nitrogens is 2. The summed E-state index contributed by atoms with van der Waals surface area (Å²) < 4.78 is 7.16. The molecule has 1 aliphatic heterocycles. The van der Waals surface area contributed by atoms with Crippen molar-refractivity contribution in [2.75, 3.05) is 26.2 Å². The number of hydrogen-bond acceptors (Lipinski definition) is 5. The Balaban J connectivity index is 1.30. The number of rotatable bonds is 5. The molecule has 7 nitrogen and oxygen atoms in total. The van der Waals surface area contributed by atoms with Gasteiger partial charge in [0.05, 0.1) is 6.26 Å². The van der Waals surface area contributed by atoms with Crippen LogP contribution in [0.4, 0.5) is 0 Å². The number of furan rings is 1. The highest BCUT2D eigenvalue weighted by Crippen LogP contribution is 2.21. The number of aryl methyl sites for hydroxylation is 1. The van der Waals surface area contributed by atoms with Crippen LogP contribution in [0.15, 0.2) is 64.6 Å². The van der Waals surface area contributed by atoms with E-state index in [9.17, 15) is 9.59 Å². The minimum Gasteiger partial charge on any atom is -0.459 e. The molecule has 150 valence electrons. The van der Waals surface area contributed by atoms with Gasteiger partial charge in [0.15, 0.2) is 10.9 Å². The number of carbonyl (C=O) groups excluding carboxylic acids is 2. The third-order valence-corrected chi connectivity index (χ3v) is 6.06. The van der Waals surface area contributed by atoms with E-state index in [1.165, 1.54) is 6.26 Å². The fourth-order valence-corrected chi connectivity index (χ4v) is 4.12. The first-order valence-corrected chi connectivity index (χ1v) is 10.4. The first-order valence-electron chi connectivity index (χ1n) is 9.43. The highest BCUT2D eigenvalue weighted by molar-refractivity contribution is 7.98. The van der Waals surface area contributed by atoms with E-state index in [1.54, 1.807) is 39.9 Å². The van der Waals surface area contributed by atoms with E-state index >= 15 is 0 Å². The van der Waals surface area contributed by atoms with Crippen molar-refractivity contribution in [1.82, 2.24) is 19.4 Å². The standard InChI is InChI=1S/C21H22N4O3S/c1-23-9-8-22-21(23)29-15-16-4-6-17(7-5-16)19(26)24-10-12-25(13-11-24)20(27)18-3-2-14-28-18/h2-9,14H,10-13,15H2,1H3. The smallest absolute Gasteiger partial charge is 0.289 e. The van der Waals surface area contributed by atoms with Crippen LogP contribution in [0, 0.1) is 0 Å². The van der Waals surface area contributed by atoms with Gasteiger partial charge in [-0.15, -0.1) is 0 Å². The maximum atomic E-state index is 12.8. The molecule has 0 saturated carbocycles. The molecule has 2 aromatic heterocycles. The lowest BCUT2D eigenvalue weighted by Crippen LogP contribution is -2.50. The Morgan fingerprint density at radius 2 is 1.72 bits per heavy atom. The summed E-state index contributed by atoms with van der Waals surface area (Å²) in [4.78, 5) is 32.9. The summed E-state index contributed by atoms with van der Waals surface area (Å²) in [6, 6.07) is 11.1. The Labute approximate surface area is 173 Å². The van der Waals surface area contributed by atoms with Crippen molar-refractivity contribution in [2.24, 2.45) is 7.05 Å². The van der Waals surface area contributed by atoms with Crippen LogP contribution in [0.2, 0.25) is 0 Å². The molecule has 29 heavy (non-hydrogen) atoms. The predicted octanol–water partition coefficient (Wildman–Crippen LogP) is 2.90. The quantitative estimate of drug-likeness (QED) is 0.605. The van der Waals surface area contributed by atoms with Crippen LogP contribution in [0.1, 0.15) is 26.5 Å². The maximum absolute atomic E-state index is 12.8. The number of thioether (sulfide) groups is 1. The van der Waals surface area contributed by atoms with Gasteiger partial charge in [-0.05, 0) is 29.8 Å². The van der Waals surface area contributed by atoms with Gasteiger partial charge in [-0.1, -0.05) is 23.9 Å². The second kappa shape index (κ2) is 8.57. The SMILES string of the molecule is Cn1ccnc1SCc1ccc(C(=O)N2CCN(C(=O)c3ccco3)CC2)cc1. The Morgan fingerprint density at radius 1 is 1.03 bits per heavy atom. The van der Waals surface area contributed by atoms with Gasteiger partial charge < -0.3 is 18.8 Å². The van der Waals surface area contributed by atoms with E-state index in [2.05, 4.69) is 4.98 Å². The van der Waals surface area contributed by atoms with Gasteiger partial charge in [0.2, 0.25) is 0 Å². The second-order valence-corrected chi connectivity index (χ2v) is 7.81. The van der Waals surface area contributed by atoms with E-state index in [-0.39, 0.29) is 11.8 Å². The molecule has 8 heteroatoms. The molecule has 1 aromatic carbocycles. The summed E-state index contributed by atoms with van der Waals surface area (Å²) in [7, 11) is 1.97. The third kappa shape index (κ3) is 4.37. The van der Waals surface area contributed by atoms with Crippen molar-refractivity contribution >= 4 is 23.6 Å². The maximum Gasteiger partial charge on any atom is 0.289 e. The average molecular weight is 410 g/mol. The molecule has 0 bridgehead atoms. The fraction of sp³-hybridized carbons (Fsp3) is 0.286. The lowest BCUT2D eigenvalue weighted by Gasteiger charge is -2.34. The van der Waals surface area contributed by atoms with Gasteiger partial charge in [-0.25, -0.2) is 4.98 Å². The summed E-state index contributed by atoms with van der Waals surface area (Å²) in [5.74, 6) is 1.01. The lowest BCUT2D eigenvalue weighted by atomic mass is 10.1. The largest absolute Gasteiger partial charge is 0.459 e. The Kier molecular flexibility index (Phi) is 5.71. The van der Waals surface area contributed by atoms with Crippen molar-refractivity contribution in [3.8, 4) is 0 Å². The van der Waals surface area contributed by atoms with Gasteiger partial charge in [-0.3, -0.25) is 9.59 Å². The highest BCUT2D eigenvalue weighted by Gasteiger charge is 2.26. The third-order valence-electron chi connectivity index (χ3n) is 4.93. The number of carbonyl (C=O) groups is 2. The van der Waals surface area contributed by atoms with E-state index in [4.69, 9.17) is 4.42 Å². The zero-order valence-electron chi connectivity index (χ0n) is 16.2. The molecule has 0 spiro atoms. The van der Waals surface area contributed by atoms with Gasteiger partial charge in [0, 0.05) is 56.9 Å². The number of nitrogens with zero attached hydrogens (tertiary/aromatic N) is 4. The summed E-state index contributed by atoms with van der Waals surface area (Å²) in [6.07, 6.45) is 5.20.